The van der Waals surface area contributed by atoms with E-state index in [1.807, 2.05) is 32.0 Å². The molecular formula is C25H26N4O4S. The van der Waals surface area contributed by atoms with Crippen LogP contribution in [0, 0.1) is 19.3 Å². The van der Waals surface area contributed by atoms with Crippen molar-refractivity contribution in [2.24, 2.45) is 10.1 Å². The summed E-state index contributed by atoms with van der Waals surface area (Å²) in [5.41, 5.74) is 3.26. The van der Waals surface area contributed by atoms with Gasteiger partial charge in [0.05, 0.1) is 12.7 Å². The second-order valence-corrected chi connectivity index (χ2v) is 8.76. The van der Waals surface area contributed by atoms with E-state index < -0.39 is 5.91 Å². The Morgan fingerprint density at radius 3 is 2.59 bits per heavy atom. The number of amides is 1. The summed E-state index contributed by atoms with van der Waals surface area (Å²) in [6.07, 6.45) is 2.33. The topological polar surface area (TPSA) is 96.6 Å². The van der Waals surface area contributed by atoms with Crippen LogP contribution in [0.5, 0.6) is 17.2 Å². The molecule has 8 nitrogen and oxygen atoms in total. The lowest BCUT2D eigenvalue weighted by molar-refractivity contribution is -0.114. The van der Waals surface area contributed by atoms with E-state index in [0.29, 0.717) is 35.4 Å². The highest BCUT2D eigenvalue weighted by Gasteiger charge is 2.35. The van der Waals surface area contributed by atoms with Crippen LogP contribution >= 0.6 is 11.8 Å². The van der Waals surface area contributed by atoms with Crippen LogP contribution in [0.25, 0.3) is 6.08 Å². The van der Waals surface area contributed by atoms with Gasteiger partial charge in [-0.1, -0.05) is 19.1 Å². The molecule has 34 heavy (non-hydrogen) atoms. The van der Waals surface area contributed by atoms with Crippen molar-refractivity contribution in [3.8, 4) is 17.2 Å². The Morgan fingerprint density at radius 2 is 1.85 bits per heavy atom. The van der Waals surface area contributed by atoms with Gasteiger partial charge < -0.3 is 14.2 Å². The summed E-state index contributed by atoms with van der Waals surface area (Å²) < 4.78 is 17.1. The first-order valence-corrected chi connectivity index (χ1v) is 11.7. The molecule has 9 heteroatoms. The fourth-order valence-corrected chi connectivity index (χ4v) is 4.17. The standard InChI is InChI=1S/C25H26N4O4S/c1-5-22-28-29-23(26)19(24(30)27-25(29)34-22)13-17-7-9-20(21(14-17)31-4)33-11-10-32-18-8-6-15(2)16(3)12-18/h6-9,12-14,26H,5,10-11H2,1-4H3. The second kappa shape index (κ2) is 10.1. The van der Waals surface area contributed by atoms with Gasteiger partial charge in [-0.3, -0.25) is 10.2 Å². The van der Waals surface area contributed by atoms with Crippen LogP contribution in [0.2, 0.25) is 0 Å². The third kappa shape index (κ3) is 4.99. The van der Waals surface area contributed by atoms with Crippen LogP contribution in [0.15, 0.2) is 52.1 Å². The molecule has 1 amide bonds. The van der Waals surface area contributed by atoms with E-state index in [2.05, 4.69) is 17.0 Å². The number of thioether (sulfide) groups is 1. The van der Waals surface area contributed by atoms with E-state index in [1.165, 1.54) is 27.9 Å². The first-order valence-electron chi connectivity index (χ1n) is 10.9. The number of hydrazone groups is 1. The SMILES string of the molecule is CCC1=NN2C(=N)C(=Cc3ccc(OCCOc4ccc(C)c(C)c4)c(OC)c3)C(=O)N=C2S1. The van der Waals surface area contributed by atoms with E-state index >= 15 is 0 Å². The van der Waals surface area contributed by atoms with Gasteiger partial charge in [-0.25, -0.2) is 0 Å². The van der Waals surface area contributed by atoms with Crippen molar-refractivity contribution in [3.05, 3.63) is 58.7 Å². The molecule has 0 aliphatic carbocycles. The van der Waals surface area contributed by atoms with E-state index in [-0.39, 0.29) is 11.4 Å². The third-order valence-electron chi connectivity index (χ3n) is 5.39. The molecule has 0 fully saturated rings. The first kappa shape index (κ1) is 23.6. The number of aryl methyl sites for hydroxylation is 2. The van der Waals surface area contributed by atoms with Crippen LogP contribution in [0.1, 0.15) is 30.0 Å². The average molecular weight is 479 g/mol. The van der Waals surface area contributed by atoms with Crippen molar-refractivity contribution in [2.75, 3.05) is 20.3 Å². The van der Waals surface area contributed by atoms with Crippen LogP contribution in [0.4, 0.5) is 0 Å². The molecule has 176 valence electrons. The minimum Gasteiger partial charge on any atom is -0.493 e. The van der Waals surface area contributed by atoms with Crippen molar-refractivity contribution >= 4 is 39.8 Å². The number of ether oxygens (including phenoxy) is 3. The monoisotopic (exact) mass is 478 g/mol. The van der Waals surface area contributed by atoms with E-state index in [0.717, 1.165) is 17.2 Å². The van der Waals surface area contributed by atoms with E-state index in [9.17, 15) is 4.79 Å². The predicted molar refractivity (Wildman–Crippen MR) is 135 cm³/mol. The number of carbonyl (C=O) groups is 1. The number of rotatable bonds is 8. The summed E-state index contributed by atoms with van der Waals surface area (Å²) in [6, 6.07) is 11.3. The number of amidine groups is 2. The normalized spacial score (nSPS) is 16.4. The highest BCUT2D eigenvalue weighted by molar-refractivity contribution is 8.26. The number of fused-ring (bicyclic) bond motifs is 1. The van der Waals surface area contributed by atoms with Crippen molar-refractivity contribution in [1.29, 1.82) is 5.41 Å². The number of aliphatic imine (C=N–C) groups is 1. The molecule has 0 radical (unpaired) electrons. The second-order valence-electron chi connectivity index (χ2n) is 7.72. The molecule has 0 atom stereocenters. The van der Waals surface area contributed by atoms with E-state index in [4.69, 9.17) is 19.6 Å². The Bertz CT molecular complexity index is 1240. The van der Waals surface area contributed by atoms with Gasteiger partial charge >= 0.3 is 0 Å². The molecule has 2 aliphatic rings. The van der Waals surface area contributed by atoms with Crippen LogP contribution in [0.3, 0.4) is 0 Å². The van der Waals surface area contributed by atoms with Crippen molar-refractivity contribution < 1.29 is 19.0 Å². The zero-order valence-corrected chi connectivity index (χ0v) is 20.4. The van der Waals surface area contributed by atoms with Gasteiger partial charge in [0.1, 0.15) is 24.0 Å². The zero-order chi connectivity index (χ0) is 24.2. The fourth-order valence-electron chi connectivity index (χ4n) is 3.35. The minimum atomic E-state index is -0.459. The number of hydrogen-bond acceptors (Lipinski definition) is 7. The van der Waals surface area contributed by atoms with Crippen molar-refractivity contribution in [2.45, 2.75) is 27.2 Å². The molecule has 2 aliphatic heterocycles. The molecule has 0 spiro atoms. The summed E-state index contributed by atoms with van der Waals surface area (Å²) in [5.74, 6) is 1.43. The van der Waals surface area contributed by atoms with Crippen molar-refractivity contribution in [1.82, 2.24) is 5.01 Å². The molecular weight excluding hydrogens is 452 g/mol. The van der Waals surface area contributed by atoms with Crippen LogP contribution in [-0.4, -0.2) is 47.3 Å². The van der Waals surface area contributed by atoms with Gasteiger partial charge in [-0.2, -0.15) is 15.1 Å². The Morgan fingerprint density at radius 1 is 1.06 bits per heavy atom. The number of benzene rings is 2. The maximum Gasteiger partial charge on any atom is 0.283 e. The van der Waals surface area contributed by atoms with Gasteiger partial charge in [-0.05, 0) is 79.1 Å². The molecule has 0 saturated carbocycles. The number of nitrogens with one attached hydrogen (secondary N) is 1. The van der Waals surface area contributed by atoms with Gasteiger partial charge in [0, 0.05) is 0 Å². The summed E-state index contributed by atoms with van der Waals surface area (Å²) in [5, 5.41) is 15.4. The third-order valence-corrected chi connectivity index (χ3v) is 6.44. The lowest BCUT2D eigenvalue weighted by atomic mass is 10.1. The zero-order valence-electron chi connectivity index (χ0n) is 19.5. The van der Waals surface area contributed by atoms with Crippen LogP contribution < -0.4 is 14.2 Å². The molecule has 0 saturated heterocycles. The average Bonchev–Trinajstić information content (AvgIpc) is 3.25. The Labute approximate surface area is 202 Å². The molecule has 0 unspecified atom stereocenters. The quantitative estimate of drug-likeness (QED) is 0.432. The molecule has 2 heterocycles. The van der Waals surface area contributed by atoms with Gasteiger partial charge in [0.15, 0.2) is 17.3 Å². The Balaban J connectivity index is 1.43. The smallest absolute Gasteiger partial charge is 0.283 e. The lowest BCUT2D eigenvalue weighted by Crippen LogP contribution is -2.35. The summed E-state index contributed by atoms with van der Waals surface area (Å²) in [4.78, 5) is 16.6. The number of hydrogen-bond donors (Lipinski definition) is 1. The maximum absolute atomic E-state index is 12.5. The Hall–Kier alpha value is -3.59. The largest absolute Gasteiger partial charge is 0.493 e. The molecule has 2 aromatic rings. The number of carbonyl (C=O) groups excluding carboxylic acids is 1. The molecule has 0 aromatic heterocycles. The van der Waals surface area contributed by atoms with Gasteiger partial charge in [0.25, 0.3) is 5.91 Å². The molecule has 1 N–H and O–H groups in total. The van der Waals surface area contributed by atoms with E-state index in [1.54, 1.807) is 31.4 Å². The fraction of sp³-hybridized carbons (Fsp3) is 0.280. The predicted octanol–water partition coefficient (Wildman–Crippen LogP) is 4.80. The molecule has 4 rings (SSSR count). The van der Waals surface area contributed by atoms with Crippen molar-refractivity contribution in [3.63, 3.8) is 0 Å². The highest BCUT2D eigenvalue weighted by atomic mass is 32.2. The van der Waals surface area contributed by atoms with Crippen LogP contribution in [-0.2, 0) is 4.79 Å². The summed E-state index contributed by atoms with van der Waals surface area (Å²) in [7, 11) is 1.55. The number of methoxy groups -OCH3 is 1. The van der Waals surface area contributed by atoms with Gasteiger partial charge in [-0.15, -0.1) is 0 Å². The minimum absolute atomic E-state index is 0.00809. The Kier molecular flexibility index (Phi) is 7.02. The lowest BCUT2D eigenvalue weighted by Gasteiger charge is -2.20. The highest BCUT2D eigenvalue weighted by Crippen LogP contribution is 2.32. The maximum atomic E-state index is 12.5. The summed E-state index contributed by atoms with van der Waals surface area (Å²) >= 11 is 1.32. The molecule has 2 aromatic carbocycles. The summed E-state index contributed by atoms with van der Waals surface area (Å²) in [6.45, 7) is 6.81. The van der Waals surface area contributed by atoms with Gasteiger partial charge in [0.2, 0.25) is 5.17 Å². The number of nitrogens with zero attached hydrogens (tertiary/aromatic N) is 3. The first-order chi connectivity index (χ1) is 16.4. The molecule has 0 bridgehead atoms.